The molecule has 2 N–H and O–H groups in total. The van der Waals surface area contributed by atoms with Gasteiger partial charge in [-0.1, -0.05) is 17.7 Å². The van der Waals surface area contributed by atoms with Gasteiger partial charge in [0, 0.05) is 6.04 Å². The van der Waals surface area contributed by atoms with E-state index in [2.05, 4.69) is 11.9 Å². The molecule has 2 atom stereocenters. The highest BCUT2D eigenvalue weighted by Crippen LogP contribution is 2.38. The van der Waals surface area contributed by atoms with Crippen molar-refractivity contribution >= 4 is 33.2 Å². The zero-order valence-corrected chi connectivity index (χ0v) is 11.0. The Kier molecular flexibility index (Phi) is 2.63. The molecule has 0 bridgehead atoms. The number of halogens is 1. The van der Waals surface area contributed by atoms with Gasteiger partial charge < -0.3 is 10.5 Å². The van der Waals surface area contributed by atoms with E-state index in [0.717, 1.165) is 20.2 Å². The lowest BCUT2D eigenvalue weighted by Gasteiger charge is -2.23. The van der Waals surface area contributed by atoms with Gasteiger partial charge in [-0.05, 0) is 19.1 Å². The molecule has 0 amide bonds. The second kappa shape index (κ2) is 3.92. The van der Waals surface area contributed by atoms with E-state index in [1.165, 1.54) is 0 Å². The van der Waals surface area contributed by atoms with Crippen LogP contribution in [-0.4, -0.2) is 24.2 Å². The summed E-state index contributed by atoms with van der Waals surface area (Å²) in [6, 6.07) is 5.79. The number of fused-ring (bicyclic) bond motifs is 1. The molecule has 5 heteroatoms. The van der Waals surface area contributed by atoms with Crippen LogP contribution in [0.15, 0.2) is 18.2 Å². The zero-order valence-electron chi connectivity index (χ0n) is 9.44. The van der Waals surface area contributed by atoms with Crippen molar-refractivity contribution < 1.29 is 4.74 Å². The van der Waals surface area contributed by atoms with E-state index >= 15 is 0 Å². The minimum absolute atomic E-state index is 0.00170. The van der Waals surface area contributed by atoms with Gasteiger partial charge in [-0.2, -0.15) is 0 Å². The van der Waals surface area contributed by atoms with Crippen molar-refractivity contribution in [2.75, 3.05) is 13.2 Å². The van der Waals surface area contributed by atoms with Crippen LogP contribution >= 0.6 is 22.9 Å². The summed E-state index contributed by atoms with van der Waals surface area (Å²) in [5, 5.41) is 1.77. The molecular weight excluding hydrogens is 256 g/mol. The molecule has 0 aliphatic carbocycles. The first-order valence-corrected chi connectivity index (χ1v) is 6.69. The molecule has 3 rings (SSSR count). The van der Waals surface area contributed by atoms with Crippen LogP contribution in [0.25, 0.3) is 10.2 Å². The lowest BCUT2D eigenvalue weighted by molar-refractivity contribution is 0.180. The minimum atomic E-state index is -0.187. The van der Waals surface area contributed by atoms with Gasteiger partial charge in [0.25, 0.3) is 0 Å². The van der Waals surface area contributed by atoms with Gasteiger partial charge in [-0.25, -0.2) is 4.98 Å². The summed E-state index contributed by atoms with van der Waals surface area (Å²) in [6.45, 7) is 3.34. The monoisotopic (exact) mass is 268 g/mol. The molecule has 0 saturated carbocycles. The third-order valence-corrected chi connectivity index (χ3v) is 5.18. The Labute approximate surface area is 109 Å². The predicted octanol–water partition coefficient (Wildman–Crippen LogP) is 2.56. The van der Waals surface area contributed by atoms with Gasteiger partial charge >= 0.3 is 0 Å². The molecule has 2 unspecified atom stereocenters. The average molecular weight is 269 g/mol. The fraction of sp³-hybridized carbons (Fsp3) is 0.417. The largest absolute Gasteiger partial charge is 0.379 e. The summed E-state index contributed by atoms with van der Waals surface area (Å²) >= 11 is 7.79. The maximum atomic E-state index is 6.17. The smallest absolute Gasteiger partial charge is 0.104 e. The molecule has 3 nitrogen and oxygen atoms in total. The van der Waals surface area contributed by atoms with Crippen LogP contribution in [0.1, 0.15) is 11.9 Å². The van der Waals surface area contributed by atoms with E-state index in [-0.39, 0.29) is 11.5 Å². The summed E-state index contributed by atoms with van der Waals surface area (Å²) in [5.74, 6) is 0. The highest BCUT2D eigenvalue weighted by Gasteiger charge is 2.41. The normalized spacial score (nSPS) is 29.0. The number of nitrogens with two attached hydrogens (primary N) is 1. The summed E-state index contributed by atoms with van der Waals surface area (Å²) in [5.41, 5.74) is 6.87. The fourth-order valence-corrected chi connectivity index (χ4v) is 3.52. The summed E-state index contributed by atoms with van der Waals surface area (Å²) in [6.07, 6.45) is 0. The number of benzene rings is 1. The number of ether oxygens (including phenoxy) is 1. The third kappa shape index (κ3) is 1.67. The first kappa shape index (κ1) is 11.4. The number of thiazole rings is 1. The van der Waals surface area contributed by atoms with Crippen molar-refractivity contribution in [2.45, 2.75) is 18.4 Å². The first-order valence-electron chi connectivity index (χ1n) is 5.50. The highest BCUT2D eigenvalue weighted by molar-refractivity contribution is 7.19. The van der Waals surface area contributed by atoms with E-state index in [9.17, 15) is 0 Å². The zero-order chi connectivity index (χ0) is 12.0. The Bertz CT molecular complexity index is 571. The maximum absolute atomic E-state index is 6.17. The number of nitrogens with zero attached hydrogens (tertiary/aromatic N) is 1. The minimum Gasteiger partial charge on any atom is -0.379 e. The Hall–Kier alpha value is -0.680. The van der Waals surface area contributed by atoms with Gasteiger partial charge in [0.05, 0.1) is 33.9 Å². The van der Waals surface area contributed by atoms with Crippen molar-refractivity contribution in [1.29, 1.82) is 0 Å². The van der Waals surface area contributed by atoms with Crippen LogP contribution in [0.4, 0.5) is 0 Å². The molecule has 1 aromatic carbocycles. The Morgan fingerprint density at radius 1 is 1.59 bits per heavy atom. The predicted molar refractivity (Wildman–Crippen MR) is 70.8 cm³/mol. The molecule has 1 saturated heterocycles. The lowest BCUT2D eigenvalue weighted by atomic mass is 9.87. The van der Waals surface area contributed by atoms with Gasteiger partial charge in [0.15, 0.2) is 0 Å². The molecule has 17 heavy (non-hydrogen) atoms. The van der Waals surface area contributed by atoms with Crippen molar-refractivity contribution in [3.05, 3.63) is 28.2 Å². The second-order valence-corrected chi connectivity index (χ2v) is 6.05. The topological polar surface area (TPSA) is 48.1 Å². The third-order valence-electron chi connectivity index (χ3n) is 3.37. The van der Waals surface area contributed by atoms with Crippen molar-refractivity contribution in [3.63, 3.8) is 0 Å². The highest BCUT2D eigenvalue weighted by atomic mass is 35.5. The van der Waals surface area contributed by atoms with E-state index in [1.807, 2.05) is 18.2 Å². The van der Waals surface area contributed by atoms with Crippen LogP contribution in [0.3, 0.4) is 0 Å². The molecule has 2 aromatic rings. The molecule has 1 aliphatic rings. The van der Waals surface area contributed by atoms with Crippen LogP contribution in [0, 0.1) is 0 Å². The molecule has 0 spiro atoms. The van der Waals surface area contributed by atoms with Crippen molar-refractivity contribution in [1.82, 2.24) is 4.98 Å². The Morgan fingerprint density at radius 2 is 2.41 bits per heavy atom. The standard InChI is InChI=1S/C12H13ClN2OS/c1-12(6-16-5-9(12)14)11-15-8-4-2-3-7(13)10(8)17-11/h2-4,9H,5-6,14H2,1H3. The molecule has 1 aliphatic heterocycles. The van der Waals surface area contributed by atoms with Crippen molar-refractivity contribution in [2.24, 2.45) is 5.73 Å². The number of aromatic nitrogens is 1. The summed E-state index contributed by atoms with van der Waals surface area (Å²) in [7, 11) is 0. The van der Waals surface area contributed by atoms with Crippen molar-refractivity contribution in [3.8, 4) is 0 Å². The van der Waals surface area contributed by atoms with Crippen LogP contribution in [0.5, 0.6) is 0 Å². The molecule has 0 radical (unpaired) electrons. The first-order chi connectivity index (χ1) is 8.11. The van der Waals surface area contributed by atoms with Crippen LogP contribution in [-0.2, 0) is 10.2 Å². The van der Waals surface area contributed by atoms with Crippen LogP contribution in [0.2, 0.25) is 5.02 Å². The molecule has 2 heterocycles. The number of hydrogen-bond donors (Lipinski definition) is 1. The number of rotatable bonds is 1. The number of hydrogen-bond acceptors (Lipinski definition) is 4. The van der Waals surface area contributed by atoms with Gasteiger partial charge in [-0.3, -0.25) is 0 Å². The lowest BCUT2D eigenvalue weighted by Crippen LogP contribution is -2.41. The summed E-state index contributed by atoms with van der Waals surface area (Å²) in [4.78, 5) is 4.65. The Morgan fingerprint density at radius 3 is 3.06 bits per heavy atom. The Balaban J connectivity index is 2.15. The van der Waals surface area contributed by atoms with Gasteiger partial charge in [0.1, 0.15) is 5.01 Å². The quantitative estimate of drug-likeness (QED) is 0.865. The van der Waals surface area contributed by atoms with E-state index in [1.54, 1.807) is 11.3 Å². The van der Waals surface area contributed by atoms with Crippen LogP contribution < -0.4 is 5.73 Å². The van der Waals surface area contributed by atoms with Gasteiger partial charge in [0.2, 0.25) is 0 Å². The van der Waals surface area contributed by atoms with Gasteiger partial charge in [-0.15, -0.1) is 11.3 Å². The fourth-order valence-electron chi connectivity index (χ4n) is 2.07. The molecular formula is C12H13ClN2OS. The summed E-state index contributed by atoms with van der Waals surface area (Å²) < 4.78 is 6.49. The molecule has 1 fully saturated rings. The maximum Gasteiger partial charge on any atom is 0.104 e. The molecule has 90 valence electrons. The average Bonchev–Trinajstić information content (AvgIpc) is 2.86. The SMILES string of the molecule is CC1(c2nc3cccc(Cl)c3s2)COCC1N. The van der Waals surface area contributed by atoms with E-state index < -0.39 is 0 Å². The van der Waals surface area contributed by atoms with E-state index in [4.69, 9.17) is 22.1 Å². The second-order valence-electron chi connectivity index (χ2n) is 4.65. The van der Waals surface area contributed by atoms with E-state index in [0.29, 0.717) is 13.2 Å². The molecule has 1 aromatic heterocycles.